The Morgan fingerprint density at radius 3 is 2.63 bits per heavy atom. The van der Waals surface area contributed by atoms with Crippen LogP contribution in [-0.2, 0) is 16.2 Å². The van der Waals surface area contributed by atoms with Gasteiger partial charge in [0.25, 0.3) is 0 Å². The molecule has 0 bridgehead atoms. The van der Waals surface area contributed by atoms with E-state index >= 15 is 0 Å². The maximum atomic E-state index is 5.72. The second-order valence-corrected chi connectivity index (χ2v) is 5.41. The fraction of sp³-hybridized carbons (Fsp3) is 0.500. The molecule has 3 nitrogen and oxygen atoms in total. The Hall–Kier alpha value is -1.16. The van der Waals surface area contributed by atoms with Gasteiger partial charge in [0.2, 0.25) is 0 Å². The smallest absolute Gasteiger partial charge is 0.123 e. The first-order chi connectivity index (χ1) is 9.16. The van der Waals surface area contributed by atoms with Crippen molar-refractivity contribution < 1.29 is 9.57 Å². The van der Waals surface area contributed by atoms with Gasteiger partial charge in [-0.2, -0.15) is 5.48 Å². The lowest BCUT2D eigenvalue weighted by Gasteiger charge is -2.30. The van der Waals surface area contributed by atoms with Gasteiger partial charge in [-0.25, -0.2) is 0 Å². The Balaban J connectivity index is 1.80. The third-order valence-corrected chi connectivity index (χ3v) is 3.40. The van der Waals surface area contributed by atoms with Gasteiger partial charge in [-0.1, -0.05) is 50.3 Å². The fourth-order valence-electron chi connectivity index (χ4n) is 2.03. The first-order valence-electron chi connectivity index (χ1n) is 6.88. The van der Waals surface area contributed by atoms with Gasteiger partial charge >= 0.3 is 0 Å². The summed E-state index contributed by atoms with van der Waals surface area (Å²) in [6.45, 7) is 7.66. The van der Waals surface area contributed by atoms with Crippen LogP contribution in [0.2, 0.25) is 0 Å². The average molecular weight is 261 g/mol. The fourth-order valence-corrected chi connectivity index (χ4v) is 2.03. The molecule has 1 heterocycles. The molecule has 0 aliphatic carbocycles. The van der Waals surface area contributed by atoms with Crippen molar-refractivity contribution in [3.63, 3.8) is 0 Å². The molecule has 0 aromatic heterocycles. The van der Waals surface area contributed by atoms with E-state index in [1.54, 1.807) is 0 Å². The molecule has 0 fully saturated rings. The number of ether oxygens (including phenoxy) is 1. The highest BCUT2D eigenvalue weighted by molar-refractivity contribution is 5.14. The molecule has 1 aromatic carbocycles. The summed E-state index contributed by atoms with van der Waals surface area (Å²) in [5.41, 5.74) is 5.52. The molecule has 2 atom stereocenters. The molecule has 2 rings (SSSR count). The molecule has 1 aromatic rings. The van der Waals surface area contributed by atoms with Crippen LogP contribution in [0.3, 0.4) is 0 Å². The molecule has 0 saturated heterocycles. The van der Waals surface area contributed by atoms with Gasteiger partial charge in [-0.05, 0) is 24.0 Å². The summed E-state index contributed by atoms with van der Waals surface area (Å²) >= 11 is 0. The van der Waals surface area contributed by atoms with Crippen LogP contribution in [0.5, 0.6) is 0 Å². The van der Waals surface area contributed by atoms with Crippen LogP contribution in [-0.4, -0.2) is 18.8 Å². The van der Waals surface area contributed by atoms with Crippen molar-refractivity contribution in [3.05, 3.63) is 47.5 Å². The van der Waals surface area contributed by atoms with Crippen LogP contribution in [0.4, 0.5) is 0 Å². The highest BCUT2D eigenvalue weighted by Crippen LogP contribution is 2.17. The summed E-state index contributed by atoms with van der Waals surface area (Å²) in [4.78, 5) is 5.66. The summed E-state index contributed by atoms with van der Waals surface area (Å²) in [6, 6.07) is 10.5. The van der Waals surface area contributed by atoms with Crippen LogP contribution < -0.4 is 5.48 Å². The van der Waals surface area contributed by atoms with Crippen LogP contribution in [0.25, 0.3) is 0 Å². The van der Waals surface area contributed by atoms with Crippen molar-refractivity contribution in [2.24, 2.45) is 5.92 Å². The minimum Gasteiger partial charge on any atom is -0.374 e. The van der Waals surface area contributed by atoms with Crippen molar-refractivity contribution in [1.82, 2.24) is 5.48 Å². The minimum atomic E-state index is 0.0127. The number of benzene rings is 1. The van der Waals surface area contributed by atoms with E-state index in [2.05, 4.69) is 44.5 Å². The molecule has 1 N–H and O–H groups in total. The lowest BCUT2D eigenvalue weighted by Crippen LogP contribution is -2.42. The topological polar surface area (TPSA) is 30.5 Å². The Morgan fingerprint density at radius 1 is 1.26 bits per heavy atom. The summed E-state index contributed by atoms with van der Waals surface area (Å²) in [5, 5.41) is 0. The van der Waals surface area contributed by atoms with E-state index < -0.39 is 0 Å². The number of nitrogens with one attached hydrogen (secondary N) is 1. The Labute approximate surface area is 115 Å². The van der Waals surface area contributed by atoms with E-state index in [4.69, 9.17) is 9.57 Å². The van der Waals surface area contributed by atoms with E-state index in [1.807, 2.05) is 18.2 Å². The van der Waals surface area contributed by atoms with Gasteiger partial charge in [0.15, 0.2) is 0 Å². The highest BCUT2D eigenvalue weighted by atomic mass is 16.7. The molecule has 0 saturated carbocycles. The molecule has 0 unspecified atom stereocenters. The maximum Gasteiger partial charge on any atom is 0.123 e. The van der Waals surface area contributed by atoms with Crippen LogP contribution in [0.1, 0.15) is 26.3 Å². The molecule has 3 heteroatoms. The predicted molar refractivity (Wildman–Crippen MR) is 76.5 cm³/mol. The summed E-state index contributed by atoms with van der Waals surface area (Å²) in [5.74, 6) is 0.529. The Kier molecular flexibility index (Phi) is 5.14. The summed E-state index contributed by atoms with van der Waals surface area (Å²) < 4.78 is 5.72. The molecule has 0 spiro atoms. The lowest BCUT2D eigenvalue weighted by molar-refractivity contribution is -0.0750. The van der Waals surface area contributed by atoms with Gasteiger partial charge in [-0.15, -0.1) is 0 Å². The number of rotatable bonds is 5. The third kappa shape index (κ3) is 4.16. The summed E-state index contributed by atoms with van der Waals surface area (Å²) in [7, 11) is 0. The second-order valence-electron chi connectivity index (χ2n) is 5.41. The summed E-state index contributed by atoms with van der Waals surface area (Å²) in [6.07, 6.45) is 2.25. The minimum absolute atomic E-state index is 0.0127. The zero-order valence-corrected chi connectivity index (χ0v) is 11.9. The zero-order chi connectivity index (χ0) is 13.7. The zero-order valence-electron chi connectivity index (χ0n) is 11.9. The van der Waals surface area contributed by atoms with Gasteiger partial charge in [0.05, 0.1) is 19.3 Å². The van der Waals surface area contributed by atoms with E-state index in [0.717, 1.165) is 0 Å². The first-order valence-corrected chi connectivity index (χ1v) is 6.88. The van der Waals surface area contributed by atoms with Crippen LogP contribution >= 0.6 is 0 Å². The van der Waals surface area contributed by atoms with Crippen LogP contribution in [0.15, 0.2) is 42.0 Å². The average Bonchev–Trinajstić information content (AvgIpc) is 2.41. The van der Waals surface area contributed by atoms with Crippen molar-refractivity contribution in [3.8, 4) is 0 Å². The molecule has 104 valence electrons. The number of hydrogen-bond acceptors (Lipinski definition) is 3. The van der Waals surface area contributed by atoms with Crippen molar-refractivity contribution in [2.75, 3.05) is 6.61 Å². The molecule has 0 radical (unpaired) electrons. The second kappa shape index (κ2) is 6.85. The molecular formula is C16H23NO2. The highest BCUT2D eigenvalue weighted by Gasteiger charge is 2.22. The molecule has 19 heavy (non-hydrogen) atoms. The Morgan fingerprint density at radius 2 is 2.00 bits per heavy atom. The van der Waals surface area contributed by atoms with Gasteiger partial charge in [0.1, 0.15) is 6.10 Å². The number of hydrogen-bond donors (Lipinski definition) is 1. The molecule has 0 amide bonds. The molecular weight excluding hydrogens is 238 g/mol. The SMILES string of the molecule is CC1=C[C@@H](C(C)C)NO[C@@H]1COCc1ccccc1. The van der Waals surface area contributed by atoms with E-state index in [9.17, 15) is 0 Å². The molecule has 1 aliphatic rings. The third-order valence-electron chi connectivity index (χ3n) is 3.40. The normalized spacial score (nSPS) is 23.5. The van der Waals surface area contributed by atoms with Crippen molar-refractivity contribution in [2.45, 2.75) is 39.5 Å². The predicted octanol–water partition coefficient (Wildman–Crippen LogP) is 3.08. The molecule has 1 aliphatic heterocycles. The monoisotopic (exact) mass is 261 g/mol. The largest absolute Gasteiger partial charge is 0.374 e. The van der Waals surface area contributed by atoms with Gasteiger partial charge in [-0.3, -0.25) is 4.84 Å². The number of hydroxylamine groups is 1. The standard InChI is InChI=1S/C16H23NO2/c1-12(2)15-9-13(3)16(19-17-15)11-18-10-14-7-5-4-6-8-14/h4-9,12,15-17H,10-11H2,1-3H3/t15-,16+/m0/s1. The van der Waals surface area contributed by atoms with E-state index in [0.29, 0.717) is 25.2 Å². The van der Waals surface area contributed by atoms with Gasteiger partial charge < -0.3 is 4.74 Å². The van der Waals surface area contributed by atoms with Gasteiger partial charge in [0, 0.05) is 0 Å². The maximum absolute atomic E-state index is 5.72. The van der Waals surface area contributed by atoms with Crippen molar-refractivity contribution >= 4 is 0 Å². The van der Waals surface area contributed by atoms with E-state index in [-0.39, 0.29) is 6.10 Å². The van der Waals surface area contributed by atoms with Crippen molar-refractivity contribution in [1.29, 1.82) is 0 Å². The lowest BCUT2D eigenvalue weighted by atomic mass is 9.99. The quantitative estimate of drug-likeness (QED) is 0.826. The Bertz CT molecular complexity index is 414. The first kappa shape index (κ1) is 14.3. The van der Waals surface area contributed by atoms with E-state index in [1.165, 1.54) is 11.1 Å². The van der Waals surface area contributed by atoms with Crippen LogP contribution in [0, 0.1) is 5.92 Å².